The highest BCUT2D eigenvalue weighted by atomic mass is 127. The molecule has 6 nitrogen and oxygen atoms in total. The van der Waals surface area contributed by atoms with Crippen LogP contribution in [-0.4, -0.2) is 17.6 Å². The van der Waals surface area contributed by atoms with Crippen LogP contribution < -0.4 is 16.4 Å². The van der Waals surface area contributed by atoms with E-state index in [1.165, 1.54) is 6.07 Å². The average molecular weight is 461 g/mol. The summed E-state index contributed by atoms with van der Waals surface area (Å²) in [6.45, 7) is 0. The van der Waals surface area contributed by atoms with Crippen LogP contribution in [0.15, 0.2) is 16.1 Å². The van der Waals surface area contributed by atoms with E-state index in [1.54, 1.807) is 4.90 Å². The molecule has 1 aliphatic heterocycles. The number of guanidine groups is 2. The Labute approximate surface area is 157 Å². The van der Waals surface area contributed by atoms with Crippen LogP contribution in [0.3, 0.4) is 0 Å². The van der Waals surface area contributed by atoms with E-state index < -0.39 is 11.5 Å². The first kappa shape index (κ1) is 17.2. The van der Waals surface area contributed by atoms with E-state index in [9.17, 15) is 9.65 Å². The first-order valence-corrected chi connectivity index (χ1v) is 8.92. The smallest absolute Gasteiger partial charge is 0.220 e. The Morgan fingerprint density at radius 2 is 2.00 bits per heavy atom. The summed E-state index contributed by atoms with van der Waals surface area (Å²) >= 11 is 7.90. The average Bonchev–Trinajstić information content (AvgIpc) is 2.52. The van der Waals surface area contributed by atoms with Crippen molar-refractivity contribution in [3.05, 3.63) is 26.0 Å². The molecular weight excluding hydrogens is 446 g/mol. The molecule has 4 N–H and O–H groups in total. The number of halogens is 3. The van der Waals surface area contributed by atoms with E-state index in [-0.39, 0.29) is 22.5 Å². The van der Waals surface area contributed by atoms with Crippen LogP contribution in [0.2, 0.25) is 5.02 Å². The van der Waals surface area contributed by atoms with Gasteiger partial charge in [-0.1, -0.05) is 18.0 Å². The zero-order valence-corrected chi connectivity index (χ0v) is 15.6. The monoisotopic (exact) mass is 460 g/mol. The maximum absolute atomic E-state index is 14.4. The highest BCUT2D eigenvalue weighted by Crippen LogP contribution is 2.43. The maximum atomic E-state index is 14.4. The van der Waals surface area contributed by atoms with Gasteiger partial charge in [-0.3, -0.25) is 4.90 Å². The van der Waals surface area contributed by atoms with Crippen LogP contribution in [0.25, 0.3) is 0 Å². The molecule has 1 spiro atoms. The molecule has 1 aromatic carbocycles. The van der Waals surface area contributed by atoms with E-state index >= 15 is 0 Å². The van der Waals surface area contributed by atoms with E-state index in [1.807, 2.05) is 28.7 Å². The summed E-state index contributed by atoms with van der Waals surface area (Å²) in [6.07, 6.45) is 4.37. The van der Waals surface area contributed by atoms with Crippen molar-refractivity contribution >= 4 is 51.8 Å². The maximum Gasteiger partial charge on any atom is 0.220 e. The predicted octanol–water partition coefficient (Wildman–Crippen LogP) is 3.07. The lowest BCUT2D eigenvalue weighted by Crippen LogP contribution is -2.58. The first-order chi connectivity index (χ1) is 11.4. The second kappa shape index (κ2) is 6.37. The lowest BCUT2D eigenvalue weighted by Gasteiger charge is -2.46. The summed E-state index contributed by atoms with van der Waals surface area (Å²) in [5.41, 5.74) is 11.4. The number of nitrogens with two attached hydrogens (primary N) is 2. The Hall–Kier alpha value is -1.60. The predicted molar refractivity (Wildman–Crippen MR) is 100 cm³/mol. The molecule has 2 aliphatic rings. The van der Waals surface area contributed by atoms with Gasteiger partial charge in [-0.2, -0.15) is 10.3 Å². The fourth-order valence-electron chi connectivity index (χ4n) is 3.35. The molecule has 1 heterocycles. The van der Waals surface area contributed by atoms with Gasteiger partial charge in [-0.15, -0.1) is 0 Å². The summed E-state index contributed by atoms with van der Waals surface area (Å²) in [4.78, 5) is 10.2. The molecule has 126 valence electrons. The highest BCUT2D eigenvalue weighted by Gasteiger charge is 2.44. The van der Waals surface area contributed by atoms with Crippen molar-refractivity contribution < 1.29 is 4.39 Å². The van der Waals surface area contributed by atoms with Crippen LogP contribution in [-0.2, 0) is 0 Å². The zero-order valence-electron chi connectivity index (χ0n) is 12.7. The number of rotatable bonds is 1. The van der Waals surface area contributed by atoms with Crippen LogP contribution in [0.5, 0.6) is 0 Å². The first-order valence-electron chi connectivity index (χ1n) is 7.47. The highest BCUT2D eigenvalue weighted by molar-refractivity contribution is 14.1. The molecule has 0 unspecified atom stereocenters. The second-order valence-corrected chi connectivity index (χ2v) is 7.38. The Morgan fingerprint density at radius 1 is 1.33 bits per heavy atom. The normalized spacial score (nSPS) is 19.7. The van der Waals surface area contributed by atoms with Crippen molar-refractivity contribution in [1.82, 2.24) is 0 Å². The van der Waals surface area contributed by atoms with Crippen molar-refractivity contribution in [2.24, 2.45) is 21.5 Å². The molecule has 0 saturated heterocycles. The lowest BCUT2D eigenvalue weighted by atomic mass is 9.87. The van der Waals surface area contributed by atoms with Crippen LogP contribution in [0, 0.1) is 20.7 Å². The fourth-order valence-corrected chi connectivity index (χ4v) is 4.56. The number of nitrogens with zero attached hydrogens (tertiary/aromatic N) is 4. The number of hydrogen-bond acceptors (Lipinski definition) is 6. The standard InChI is InChI=1S/C15H15ClFIN6/c16-9-6-10(18)12(8(7-19)11(9)17)24-14(21)22-13(20)23-15(24)4-2-1-3-5-15/h6H,1-5H2,(H4,20,21,22,23). The summed E-state index contributed by atoms with van der Waals surface area (Å²) < 4.78 is 15.0. The minimum Gasteiger partial charge on any atom is -0.369 e. The number of anilines is 1. The van der Waals surface area contributed by atoms with Gasteiger partial charge in [0.2, 0.25) is 11.9 Å². The van der Waals surface area contributed by atoms with Crippen molar-refractivity contribution in [3.63, 3.8) is 0 Å². The number of hydrogen-bond donors (Lipinski definition) is 2. The van der Waals surface area contributed by atoms with Gasteiger partial charge in [0.15, 0.2) is 5.82 Å². The van der Waals surface area contributed by atoms with Crippen molar-refractivity contribution in [2.75, 3.05) is 4.90 Å². The van der Waals surface area contributed by atoms with E-state index in [0.717, 1.165) is 19.3 Å². The topological polar surface area (TPSA) is 104 Å². The van der Waals surface area contributed by atoms with E-state index in [0.29, 0.717) is 22.1 Å². The minimum absolute atomic E-state index is 0.104. The van der Waals surface area contributed by atoms with Gasteiger partial charge in [0.1, 0.15) is 17.3 Å². The third kappa shape index (κ3) is 2.69. The fraction of sp³-hybridized carbons (Fsp3) is 0.400. The molecule has 0 bridgehead atoms. The lowest BCUT2D eigenvalue weighted by molar-refractivity contribution is 0.305. The molecule has 0 atom stereocenters. The minimum atomic E-state index is -0.768. The summed E-state index contributed by atoms with van der Waals surface area (Å²) in [5.74, 6) is -0.551. The van der Waals surface area contributed by atoms with Gasteiger partial charge in [0, 0.05) is 3.57 Å². The van der Waals surface area contributed by atoms with Gasteiger partial charge >= 0.3 is 0 Å². The second-order valence-electron chi connectivity index (χ2n) is 5.81. The summed E-state index contributed by atoms with van der Waals surface area (Å²) in [5, 5.41) is 9.38. The van der Waals surface area contributed by atoms with Crippen molar-refractivity contribution in [3.8, 4) is 6.07 Å². The third-order valence-corrected chi connectivity index (χ3v) is 5.43. The molecule has 9 heteroatoms. The molecule has 1 saturated carbocycles. The third-order valence-electron chi connectivity index (χ3n) is 4.33. The molecular formula is C15H15ClFIN6. The molecule has 1 fully saturated rings. The van der Waals surface area contributed by atoms with Gasteiger partial charge < -0.3 is 11.5 Å². The molecule has 1 aliphatic carbocycles. The molecule has 0 radical (unpaired) electrons. The van der Waals surface area contributed by atoms with Crippen LogP contribution in [0.4, 0.5) is 10.1 Å². The van der Waals surface area contributed by atoms with Crippen LogP contribution in [0.1, 0.15) is 37.7 Å². The zero-order chi connectivity index (χ0) is 17.5. The SMILES string of the molecule is N#Cc1c(F)c(Cl)cc(I)c1N1C(N)=NC(N)=NC12CCCCC2. The molecule has 24 heavy (non-hydrogen) atoms. The van der Waals surface area contributed by atoms with Gasteiger partial charge in [-0.05, 0) is 54.3 Å². The van der Waals surface area contributed by atoms with Gasteiger partial charge in [0.05, 0.1) is 10.7 Å². The Kier molecular flexibility index (Phi) is 4.57. The molecule has 0 aromatic heterocycles. The van der Waals surface area contributed by atoms with Crippen molar-refractivity contribution in [2.45, 2.75) is 37.8 Å². The van der Waals surface area contributed by atoms with Gasteiger partial charge in [-0.25, -0.2) is 9.38 Å². The Bertz CT molecular complexity index is 794. The van der Waals surface area contributed by atoms with E-state index in [2.05, 4.69) is 9.98 Å². The quantitative estimate of drug-likeness (QED) is 0.496. The molecule has 1 aromatic rings. The summed E-state index contributed by atoms with van der Waals surface area (Å²) in [6, 6.07) is 3.37. The Morgan fingerprint density at radius 3 is 2.62 bits per heavy atom. The number of aliphatic imine (C=N–C) groups is 2. The Balaban J connectivity index is 2.26. The molecule has 3 rings (SSSR count). The summed E-state index contributed by atoms with van der Waals surface area (Å²) in [7, 11) is 0. The van der Waals surface area contributed by atoms with Crippen LogP contribution >= 0.6 is 34.2 Å². The molecule has 0 amide bonds. The largest absolute Gasteiger partial charge is 0.369 e. The number of nitriles is 1. The number of benzene rings is 1. The van der Waals surface area contributed by atoms with Crippen molar-refractivity contribution in [1.29, 1.82) is 5.26 Å². The van der Waals surface area contributed by atoms with E-state index in [4.69, 9.17) is 23.1 Å². The van der Waals surface area contributed by atoms with Gasteiger partial charge in [0.25, 0.3) is 0 Å².